The second kappa shape index (κ2) is 5.82. The quantitative estimate of drug-likeness (QED) is 0.906. The van der Waals surface area contributed by atoms with Crippen molar-refractivity contribution in [2.75, 3.05) is 0 Å². The zero-order valence-electron chi connectivity index (χ0n) is 9.69. The van der Waals surface area contributed by atoms with Crippen molar-refractivity contribution in [3.63, 3.8) is 0 Å². The van der Waals surface area contributed by atoms with Gasteiger partial charge in [0.2, 0.25) is 0 Å². The summed E-state index contributed by atoms with van der Waals surface area (Å²) >= 11 is 4.95. The Bertz CT molecular complexity index is 540. The van der Waals surface area contributed by atoms with Gasteiger partial charge < -0.3 is 9.84 Å². The van der Waals surface area contributed by atoms with E-state index in [1.807, 2.05) is 12.1 Å². The van der Waals surface area contributed by atoms with E-state index in [2.05, 4.69) is 15.9 Å². The SMILES string of the molecule is C[C@@H](O)c1ccc(OCc2ccc(Br)s2)cc1F. The molecule has 0 fully saturated rings. The van der Waals surface area contributed by atoms with Gasteiger partial charge in [-0.05, 0) is 47.1 Å². The molecular weight excluding hydrogens is 319 g/mol. The zero-order valence-corrected chi connectivity index (χ0v) is 12.1. The number of halogens is 2. The van der Waals surface area contributed by atoms with E-state index in [9.17, 15) is 9.50 Å². The van der Waals surface area contributed by atoms with Crippen LogP contribution < -0.4 is 4.74 Å². The van der Waals surface area contributed by atoms with Crippen molar-refractivity contribution in [3.05, 3.63) is 50.4 Å². The van der Waals surface area contributed by atoms with Crippen LogP contribution in [0.3, 0.4) is 0 Å². The second-order valence-corrected chi connectivity index (χ2v) is 6.40. The molecule has 2 rings (SSSR count). The topological polar surface area (TPSA) is 29.5 Å². The van der Waals surface area contributed by atoms with Crippen molar-refractivity contribution >= 4 is 27.3 Å². The molecule has 0 aliphatic rings. The molecular formula is C13H12BrFO2S. The van der Waals surface area contributed by atoms with Crippen molar-refractivity contribution in [2.45, 2.75) is 19.6 Å². The maximum Gasteiger partial charge on any atom is 0.132 e. The molecule has 0 bridgehead atoms. The molecule has 1 aromatic heterocycles. The predicted octanol–water partition coefficient (Wildman–Crippen LogP) is 4.28. The third-order valence-electron chi connectivity index (χ3n) is 2.43. The first kappa shape index (κ1) is 13.5. The first-order chi connectivity index (χ1) is 8.56. The Morgan fingerprint density at radius 2 is 2.17 bits per heavy atom. The van der Waals surface area contributed by atoms with Gasteiger partial charge in [0.1, 0.15) is 18.2 Å². The minimum absolute atomic E-state index is 0.279. The molecule has 0 saturated heterocycles. The fourth-order valence-corrected chi connectivity index (χ4v) is 2.92. The van der Waals surface area contributed by atoms with Gasteiger partial charge in [0.15, 0.2) is 0 Å². The van der Waals surface area contributed by atoms with Gasteiger partial charge in [0, 0.05) is 16.5 Å². The summed E-state index contributed by atoms with van der Waals surface area (Å²) in [4.78, 5) is 1.06. The van der Waals surface area contributed by atoms with E-state index >= 15 is 0 Å². The molecule has 5 heteroatoms. The van der Waals surface area contributed by atoms with E-state index in [0.717, 1.165) is 8.66 Å². The summed E-state index contributed by atoms with van der Waals surface area (Å²) in [5.74, 6) is 0.0104. The average molecular weight is 331 g/mol. The largest absolute Gasteiger partial charge is 0.488 e. The Morgan fingerprint density at radius 3 is 2.72 bits per heavy atom. The Balaban J connectivity index is 2.04. The third-order valence-corrected chi connectivity index (χ3v) is 4.03. The lowest BCUT2D eigenvalue weighted by Crippen LogP contribution is -1.98. The Hall–Kier alpha value is -0.910. The normalized spacial score (nSPS) is 12.4. The van der Waals surface area contributed by atoms with Gasteiger partial charge in [0.05, 0.1) is 9.89 Å². The fourth-order valence-electron chi connectivity index (χ4n) is 1.52. The number of aliphatic hydroxyl groups excluding tert-OH is 1. The molecule has 1 aromatic carbocycles. The van der Waals surface area contributed by atoms with Gasteiger partial charge >= 0.3 is 0 Å². The first-order valence-electron chi connectivity index (χ1n) is 5.41. The number of ether oxygens (including phenoxy) is 1. The van der Waals surface area contributed by atoms with Crippen molar-refractivity contribution in [2.24, 2.45) is 0 Å². The van der Waals surface area contributed by atoms with E-state index in [1.54, 1.807) is 23.5 Å². The van der Waals surface area contributed by atoms with E-state index < -0.39 is 11.9 Å². The maximum atomic E-state index is 13.6. The van der Waals surface area contributed by atoms with Gasteiger partial charge in [-0.3, -0.25) is 0 Å². The van der Waals surface area contributed by atoms with Crippen molar-refractivity contribution in [1.82, 2.24) is 0 Å². The number of hydrogen-bond donors (Lipinski definition) is 1. The van der Waals surface area contributed by atoms with Gasteiger partial charge in [0.25, 0.3) is 0 Å². The lowest BCUT2D eigenvalue weighted by molar-refractivity contribution is 0.194. The van der Waals surface area contributed by atoms with E-state index in [0.29, 0.717) is 12.4 Å². The molecule has 18 heavy (non-hydrogen) atoms. The monoisotopic (exact) mass is 330 g/mol. The van der Waals surface area contributed by atoms with Crippen molar-refractivity contribution in [1.29, 1.82) is 0 Å². The smallest absolute Gasteiger partial charge is 0.132 e. The summed E-state index contributed by atoms with van der Waals surface area (Å²) in [5, 5.41) is 9.32. The molecule has 96 valence electrons. The van der Waals surface area contributed by atoms with Crippen LogP contribution in [0.15, 0.2) is 34.1 Å². The van der Waals surface area contributed by atoms with Gasteiger partial charge in [-0.15, -0.1) is 11.3 Å². The van der Waals surface area contributed by atoms with E-state index in [1.165, 1.54) is 13.0 Å². The highest BCUT2D eigenvalue weighted by Gasteiger charge is 2.09. The van der Waals surface area contributed by atoms with Crippen LogP contribution in [0.1, 0.15) is 23.5 Å². The molecule has 2 aromatic rings. The van der Waals surface area contributed by atoms with Crippen LogP contribution in [0.25, 0.3) is 0 Å². The molecule has 1 N–H and O–H groups in total. The number of hydrogen-bond acceptors (Lipinski definition) is 3. The predicted molar refractivity (Wildman–Crippen MR) is 73.4 cm³/mol. The Kier molecular flexibility index (Phi) is 4.37. The fraction of sp³-hybridized carbons (Fsp3) is 0.231. The minimum Gasteiger partial charge on any atom is -0.488 e. The van der Waals surface area contributed by atoms with Crippen molar-refractivity contribution in [3.8, 4) is 5.75 Å². The van der Waals surface area contributed by atoms with Gasteiger partial charge in [-0.2, -0.15) is 0 Å². The molecule has 2 nitrogen and oxygen atoms in total. The number of benzene rings is 1. The number of thiophene rings is 1. The standard InChI is InChI=1S/C13H12BrFO2S/c1-8(16)11-4-2-9(6-12(11)15)17-7-10-3-5-13(14)18-10/h2-6,8,16H,7H2,1H3/t8-/m1/s1. The van der Waals surface area contributed by atoms with Crippen LogP contribution in [0.5, 0.6) is 5.75 Å². The van der Waals surface area contributed by atoms with Crippen LogP contribution in [-0.2, 0) is 6.61 Å². The maximum absolute atomic E-state index is 13.6. The lowest BCUT2D eigenvalue weighted by atomic mass is 10.1. The summed E-state index contributed by atoms with van der Waals surface area (Å²) in [5.41, 5.74) is 0.279. The molecule has 0 radical (unpaired) electrons. The summed E-state index contributed by atoms with van der Waals surface area (Å²) < 4.78 is 20.1. The molecule has 0 aliphatic carbocycles. The average Bonchev–Trinajstić information content (AvgIpc) is 2.72. The minimum atomic E-state index is -0.813. The first-order valence-corrected chi connectivity index (χ1v) is 7.02. The molecule has 0 saturated carbocycles. The summed E-state index contributed by atoms with van der Waals surface area (Å²) in [6, 6.07) is 8.40. The highest BCUT2D eigenvalue weighted by Crippen LogP contribution is 2.25. The highest BCUT2D eigenvalue weighted by atomic mass is 79.9. The van der Waals surface area contributed by atoms with Gasteiger partial charge in [-0.25, -0.2) is 4.39 Å². The van der Waals surface area contributed by atoms with Crippen LogP contribution >= 0.6 is 27.3 Å². The van der Waals surface area contributed by atoms with Crippen LogP contribution in [0.4, 0.5) is 4.39 Å². The molecule has 0 aliphatic heterocycles. The molecule has 0 unspecified atom stereocenters. The van der Waals surface area contributed by atoms with Gasteiger partial charge in [-0.1, -0.05) is 0 Å². The Labute approximate surface area is 117 Å². The summed E-state index contributed by atoms with van der Waals surface area (Å²) in [7, 11) is 0. The second-order valence-electron chi connectivity index (χ2n) is 3.85. The van der Waals surface area contributed by atoms with Crippen LogP contribution in [0, 0.1) is 5.82 Å². The number of rotatable bonds is 4. The number of aliphatic hydroxyl groups is 1. The Morgan fingerprint density at radius 1 is 1.39 bits per heavy atom. The van der Waals surface area contributed by atoms with Crippen LogP contribution in [0.2, 0.25) is 0 Å². The molecule has 0 spiro atoms. The molecule has 0 amide bonds. The highest BCUT2D eigenvalue weighted by molar-refractivity contribution is 9.11. The summed E-state index contributed by atoms with van der Waals surface area (Å²) in [6.07, 6.45) is -0.813. The van der Waals surface area contributed by atoms with E-state index in [-0.39, 0.29) is 5.56 Å². The van der Waals surface area contributed by atoms with E-state index in [4.69, 9.17) is 4.74 Å². The summed E-state index contributed by atoms with van der Waals surface area (Å²) in [6.45, 7) is 1.94. The molecule has 1 heterocycles. The lowest BCUT2D eigenvalue weighted by Gasteiger charge is -2.09. The third kappa shape index (κ3) is 3.31. The van der Waals surface area contributed by atoms with Crippen LogP contribution in [-0.4, -0.2) is 5.11 Å². The molecule has 1 atom stereocenters. The van der Waals surface area contributed by atoms with Crippen molar-refractivity contribution < 1.29 is 14.2 Å². The zero-order chi connectivity index (χ0) is 13.1.